The van der Waals surface area contributed by atoms with E-state index >= 15 is 0 Å². The molecule has 1 heterocycles. The molecule has 2 rings (SSSR count). The van der Waals surface area contributed by atoms with Crippen LogP contribution < -0.4 is 9.64 Å². The molecule has 4 heteroatoms. The van der Waals surface area contributed by atoms with E-state index in [2.05, 4.69) is 4.90 Å². The Bertz CT molecular complexity index is 347. The van der Waals surface area contributed by atoms with Gasteiger partial charge >= 0.3 is 0 Å². The van der Waals surface area contributed by atoms with E-state index in [9.17, 15) is 5.11 Å². The second-order valence-corrected chi connectivity index (χ2v) is 4.69. The summed E-state index contributed by atoms with van der Waals surface area (Å²) in [6.45, 7) is 2.11. The van der Waals surface area contributed by atoms with Crippen molar-refractivity contribution in [2.45, 2.75) is 25.4 Å². The van der Waals surface area contributed by atoms with Crippen molar-refractivity contribution in [2.75, 3.05) is 31.2 Å². The molecule has 1 unspecified atom stereocenters. The zero-order valence-electron chi connectivity index (χ0n) is 10.6. The average Bonchev–Trinajstić information content (AvgIpc) is 2.46. The second-order valence-electron chi connectivity index (χ2n) is 4.69. The fraction of sp³-hybridized carbons (Fsp3) is 0.571. The van der Waals surface area contributed by atoms with Crippen LogP contribution in [0.1, 0.15) is 19.3 Å². The molecule has 0 spiro atoms. The molecule has 1 saturated heterocycles. The third kappa shape index (κ3) is 3.62. The Hall–Kier alpha value is -1.26. The first kappa shape index (κ1) is 13.2. The van der Waals surface area contributed by atoms with Gasteiger partial charge in [-0.25, -0.2) is 0 Å². The van der Waals surface area contributed by atoms with Crippen molar-refractivity contribution < 1.29 is 14.9 Å². The Morgan fingerprint density at radius 2 is 1.78 bits per heavy atom. The maximum Gasteiger partial charge on any atom is 0.119 e. The van der Waals surface area contributed by atoms with Gasteiger partial charge in [-0.05, 0) is 43.5 Å². The molecule has 1 aromatic rings. The molecular formula is C14H21NO3. The third-order valence-electron chi connectivity index (χ3n) is 3.21. The number of aliphatic hydroxyl groups is 2. The van der Waals surface area contributed by atoms with Gasteiger partial charge in [0.15, 0.2) is 0 Å². The van der Waals surface area contributed by atoms with Crippen LogP contribution in [-0.2, 0) is 0 Å². The van der Waals surface area contributed by atoms with Crippen molar-refractivity contribution in [2.24, 2.45) is 0 Å². The number of piperidine rings is 1. The van der Waals surface area contributed by atoms with E-state index in [4.69, 9.17) is 9.84 Å². The highest BCUT2D eigenvalue weighted by Gasteiger charge is 2.10. The van der Waals surface area contributed by atoms with E-state index in [1.54, 1.807) is 0 Å². The fourth-order valence-electron chi connectivity index (χ4n) is 2.15. The zero-order valence-corrected chi connectivity index (χ0v) is 10.6. The fourth-order valence-corrected chi connectivity index (χ4v) is 2.15. The van der Waals surface area contributed by atoms with Crippen LogP contribution in [0.3, 0.4) is 0 Å². The molecule has 1 fully saturated rings. The van der Waals surface area contributed by atoms with Crippen LogP contribution in [0.2, 0.25) is 0 Å². The topological polar surface area (TPSA) is 52.9 Å². The molecule has 2 N–H and O–H groups in total. The Labute approximate surface area is 108 Å². The Morgan fingerprint density at radius 3 is 2.39 bits per heavy atom. The van der Waals surface area contributed by atoms with E-state index < -0.39 is 6.10 Å². The first-order valence-corrected chi connectivity index (χ1v) is 6.56. The summed E-state index contributed by atoms with van der Waals surface area (Å²) < 4.78 is 5.37. The van der Waals surface area contributed by atoms with Crippen molar-refractivity contribution in [3.63, 3.8) is 0 Å². The van der Waals surface area contributed by atoms with E-state index in [0.29, 0.717) is 0 Å². The van der Waals surface area contributed by atoms with Crippen molar-refractivity contribution in [1.29, 1.82) is 0 Å². The van der Waals surface area contributed by atoms with Gasteiger partial charge in [-0.15, -0.1) is 0 Å². The third-order valence-corrected chi connectivity index (χ3v) is 3.21. The van der Waals surface area contributed by atoms with Gasteiger partial charge in [0.2, 0.25) is 0 Å². The number of ether oxygens (including phenoxy) is 1. The SMILES string of the molecule is OCC(O)COc1ccc(N2CCCCC2)cc1. The summed E-state index contributed by atoms with van der Waals surface area (Å²) in [7, 11) is 0. The Kier molecular flexibility index (Phi) is 4.84. The van der Waals surface area contributed by atoms with E-state index in [1.807, 2.05) is 24.3 Å². The molecule has 1 atom stereocenters. The molecule has 0 amide bonds. The normalized spacial score (nSPS) is 17.6. The van der Waals surface area contributed by atoms with Crippen LogP contribution in [0.15, 0.2) is 24.3 Å². The molecule has 0 aromatic heterocycles. The number of hydrogen-bond donors (Lipinski definition) is 2. The minimum atomic E-state index is -0.813. The van der Waals surface area contributed by atoms with Crippen molar-refractivity contribution in [3.05, 3.63) is 24.3 Å². The lowest BCUT2D eigenvalue weighted by atomic mass is 10.1. The van der Waals surface area contributed by atoms with Crippen LogP contribution in [0, 0.1) is 0 Å². The molecule has 100 valence electrons. The van der Waals surface area contributed by atoms with Gasteiger partial charge in [0.05, 0.1) is 6.61 Å². The molecule has 1 aliphatic heterocycles. The van der Waals surface area contributed by atoms with Crippen LogP contribution >= 0.6 is 0 Å². The van der Waals surface area contributed by atoms with E-state index in [-0.39, 0.29) is 13.2 Å². The van der Waals surface area contributed by atoms with Crippen LogP contribution in [0.4, 0.5) is 5.69 Å². The van der Waals surface area contributed by atoms with Crippen LogP contribution in [0.5, 0.6) is 5.75 Å². The Balaban J connectivity index is 1.88. The summed E-state index contributed by atoms with van der Waals surface area (Å²) in [6.07, 6.45) is 3.05. The average molecular weight is 251 g/mol. The van der Waals surface area contributed by atoms with Gasteiger partial charge in [0.1, 0.15) is 18.5 Å². The first-order valence-electron chi connectivity index (χ1n) is 6.56. The summed E-state index contributed by atoms with van der Waals surface area (Å²) in [4.78, 5) is 2.38. The van der Waals surface area contributed by atoms with Gasteiger partial charge in [0, 0.05) is 18.8 Å². The lowest BCUT2D eigenvalue weighted by Gasteiger charge is -2.28. The van der Waals surface area contributed by atoms with Crippen LogP contribution in [0.25, 0.3) is 0 Å². The second kappa shape index (κ2) is 6.61. The molecule has 0 saturated carbocycles. The number of anilines is 1. The Morgan fingerprint density at radius 1 is 1.11 bits per heavy atom. The van der Waals surface area contributed by atoms with Gasteiger partial charge in [-0.2, -0.15) is 0 Å². The zero-order chi connectivity index (χ0) is 12.8. The van der Waals surface area contributed by atoms with Crippen molar-refractivity contribution >= 4 is 5.69 Å². The molecule has 1 aromatic carbocycles. The van der Waals surface area contributed by atoms with Crippen molar-refractivity contribution in [1.82, 2.24) is 0 Å². The summed E-state index contributed by atoms with van der Waals surface area (Å²) >= 11 is 0. The van der Waals surface area contributed by atoms with E-state index in [1.165, 1.54) is 24.9 Å². The summed E-state index contributed by atoms with van der Waals surface area (Å²) in [6, 6.07) is 7.92. The summed E-state index contributed by atoms with van der Waals surface area (Å²) in [5, 5.41) is 17.9. The smallest absolute Gasteiger partial charge is 0.119 e. The van der Waals surface area contributed by atoms with Gasteiger partial charge in [0.25, 0.3) is 0 Å². The number of hydrogen-bond acceptors (Lipinski definition) is 4. The molecule has 18 heavy (non-hydrogen) atoms. The molecule has 1 aliphatic rings. The molecule has 4 nitrogen and oxygen atoms in total. The lowest BCUT2D eigenvalue weighted by molar-refractivity contribution is 0.0536. The monoisotopic (exact) mass is 251 g/mol. The predicted molar refractivity (Wildman–Crippen MR) is 71.1 cm³/mol. The molecule has 0 radical (unpaired) electrons. The highest BCUT2D eigenvalue weighted by molar-refractivity contribution is 5.49. The highest BCUT2D eigenvalue weighted by atomic mass is 16.5. The first-order chi connectivity index (χ1) is 8.79. The van der Waals surface area contributed by atoms with Gasteiger partial charge in [-0.1, -0.05) is 0 Å². The summed E-state index contributed by atoms with van der Waals surface area (Å²) in [5.41, 5.74) is 1.23. The summed E-state index contributed by atoms with van der Waals surface area (Å²) in [5.74, 6) is 0.725. The minimum Gasteiger partial charge on any atom is -0.491 e. The number of nitrogens with zero attached hydrogens (tertiary/aromatic N) is 1. The maximum absolute atomic E-state index is 9.19. The highest BCUT2D eigenvalue weighted by Crippen LogP contribution is 2.22. The molecular weight excluding hydrogens is 230 g/mol. The number of benzene rings is 1. The van der Waals surface area contributed by atoms with E-state index in [0.717, 1.165) is 18.8 Å². The standard InChI is InChI=1S/C14H21NO3/c16-10-13(17)11-18-14-6-4-12(5-7-14)15-8-2-1-3-9-15/h4-7,13,16-17H,1-3,8-11H2. The van der Waals surface area contributed by atoms with Gasteiger partial charge < -0.3 is 19.8 Å². The number of aliphatic hydroxyl groups excluding tert-OH is 2. The van der Waals surface area contributed by atoms with Crippen molar-refractivity contribution in [3.8, 4) is 5.75 Å². The molecule has 0 aliphatic carbocycles. The largest absolute Gasteiger partial charge is 0.491 e. The minimum absolute atomic E-state index is 0.125. The quantitative estimate of drug-likeness (QED) is 0.831. The van der Waals surface area contributed by atoms with Gasteiger partial charge in [-0.3, -0.25) is 0 Å². The predicted octanol–water partition coefficient (Wildman–Crippen LogP) is 1.41. The van der Waals surface area contributed by atoms with Crippen LogP contribution in [-0.4, -0.2) is 42.6 Å². The maximum atomic E-state index is 9.19. The molecule has 0 bridgehead atoms. The number of rotatable bonds is 5. The lowest BCUT2D eigenvalue weighted by Crippen LogP contribution is -2.29.